The molecule has 1 aliphatic rings. The van der Waals surface area contributed by atoms with Crippen LogP contribution in [0.4, 0.5) is 0 Å². The Kier molecular flexibility index (Phi) is 3.78. The van der Waals surface area contributed by atoms with E-state index in [0.717, 1.165) is 31.2 Å². The number of rotatable bonds is 3. The zero-order valence-electron chi connectivity index (χ0n) is 9.98. The average molecular weight is 238 g/mol. The first-order valence-corrected chi connectivity index (χ1v) is 6.05. The summed E-state index contributed by atoms with van der Waals surface area (Å²) in [4.78, 5) is 11.9. The molecule has 0 spiro atoms. The van der Waals surface area contributed by atoms with E-state index in [1.54, 1.807) is 6.92 Å². The van der Waals surface area contributed by atoms with E-state index >= 15 is 0 Å². The number of carbonyl (C=O) groups is 1. The van der Waals surface area contributed by atoms with Gasteiger partial charge in [0.05, 0.1) is 6.20 Å². The number of aliphatic hydroxyl groups excluding tert-OH is 1. The molecule has 17 heavy (non-hydrogen) atoms. The van der Waals surface area contributed by atoms with Crippen molar-refractivity contribution in [2.24, 2.45) is 5.92 Å². The second-order valence-electron chi connectivity index (χ2n) is 4.64. The molecule has 0 saturated heterocycles. The highest BCUT2D eigenvalue weighted by Crippen LogP contribution is 2.24. The zero-order valence-corrected chi connectivity index (χ0v) is 9.98. The first-order chi connectivity index (χ1) is 8.22. The van der Waals surface area contributed by atoms with Crippen molar-refractivity contribution in [3.63, 3.8) is 0 Å². The maximum Gasteiger partial charge on any atom is 0.290 e. The summed E-state index contributed by atoms with van der Waals surface area (Å²) < 4.78 is 4.91. The quantitative estimate of drug-likeness (QED) is 0.831. The Balaban J connectivity index is 2.00. The molecule has 2 rings (SSSR count). The number of aliphatic hydroxyl groups is 1. The molecule has 0 aromatic carbocycles. The van der Waals surface area contributed by atoms with Crippen LogP contribution in [-0.4, -0.2) is 28.8 Å². The molecule has 1 aromatic rings. The summed E-state index contributed by atoms with van der Waals surface area (Å²) >= 11 is 0. The molecule has 2 unspecified atom stereocenters. The van der Waals surface area contributed by atoms with E-state index in [4.69, 9.17) is 4.52 Å². The summed E-state index contributed by atoms with van der Waals surface area (Å²) in [5.74, 6) is 0.202. The number of aryl methyl sites for hydroxylation is 1. The van der Waals surface area contributed by atoms with Crippen LogP contribution in [0.25, 0.3) is 0 Å². The van der Waals surface area contributed by atoms with E-state index in [2.05, 4.69) is 10.5 Å². The van der Waals surface area contributed by atoms with Crippen LogP contribution in [0.1, 0.15) is 41.8 Å². The van der Waals surface area contributed by atoms with E-state index in [9.17, 15) is 9.90 Å². The van der Waals surface area contributed by atoms with E-state index in [-0.39, 0.29) is 30.2 Å². The lowest BCUT2D eigenvalue weighted by atomic mass is 9.85. The normalized spacial score (nSPS) is 24.6. The molecular formula is C12H18N2O3. The highest BCUT2D eigenvalue weighted by molar-refractivity contribution is 5.92. The van der Waals surface area contributed by atoms with Gasteiger partial charge in [0.15, 0.2) is 0 Å². The number of nitrogens with one attached hydrogen (secondary N) is 1. The molecule has 5 nitrogen and oxygen atoms in total. The lowest BCUT2D eigenvalue weighted by Gasteiger charge is -2.30. The lowest BCUT2D eigenvalue weighted by Crippen LogP contribution is -2.43. The fourth-order valence-electron chi connectivity index (χ4n) is 2.36. The van der Waals surface area contributed by atoms with Gasteiger partial charge in [0.2, 0.25) is 5.76 Å². The molecule has 94 valence electrons. The van der Waals surface area contributed by atoms with Crippen LogP contribution < -0.4 is 5.32 Å². The molecule has 1 aromatic heterocycles. The Morgan fingerprint density at radius 3 is 3.00 bits per heavy atom. The van der Waals surface area contributed by atoms with Crippen LogP contribution in [0, 0.1) is 12.8 Å². The average Bonchev–Trinajstić information content (AvgIpc) is 2.76. The first-order valence-electron chi connectivity index (χ1n) is 6.05. The molecule has 5 heteroatoms. The Bertz CT molecular complexity index is 389. The maximum atomic E-state index is 11.9. The predicted molar refractivity (Wildman–Crippen MR) is 61.5 cm³/mol. The van der Waals surface area contributed by atoms with Gasteiger partial charge in [-0.1, -0.05) is 18.0 Å². The summed E-state index contributed by atoms with van der Waals surface area (Å²) in [7, 11) is 0. The molecule has 0 radical (unpaired) electrons. The Hall–Kier alpha value is -1.36. The SMILES string of the molecule is Cc1cnoc1C(=O)NC1CCCCC1CO. The highest BCUT2D eigenvalue weighted by atomic mass is 16.5. The minimum Gasteiger partial charge on any atom is -0.396 e. The van der Waals surface area contributed by atoms with Gasteiger partial charge in [0.25, 0.3) is 5.91 Å². The third-order valence-electron chi connectivity index (χ3n) is 3.41. The molecule has 0 bridgehead atoms. The monoisotopic (exact) mass is 238 g/mol. The van der Waals surface area contributed by atoms with Crippen molar-refractivity contribution in [1.29, 1.82) is 0 Å². The van der Waals surface area contributed by atoms with Crippen LogP contribution in [0.15, 0.2) is 10.7 Å². The Morgan fingerprint density at radius 1 is 1.59 bits per heavy atom. The molecular weight excluding hydrogens is 220 g/mol. The van der Waals surface area contributed by atoms with Crippen molar-refractivity contribution in [3.8, 4) is 0 Å². The van der Waals surface area contributed by atoms with E-state index in [0.29, 0.717) is 0 Å². The van der Waals surface area contributed by atoms with Crippen molar-refractivity contribution in [2.75, 3.05) is 6.61 Å². The molecule has 1 fully saturated rings. The summed E-state index contributed by atoms with van der Waals surface area (Å²) in [5, 5.41) is 15.8. The molecule has 0 aliphatic heterocycles. The van der Waals surface area contributed by atoms with Crippen LogP contribution in [0.5, 0.6) is 0 Å². The molecule has 1 amide bonds. The van der Waals surface area contributed by atoms with Gasteiger partial charge < -0.3 is 14.9 Å². The van der Waals surface area contributed by atoms with Crippen LogP contribution in [-0.2, 0) is 0 Å². The molecule has 1 saturated carbocycles. The largest absolute Gasteiger partial charge is 0.396 e. The number of carbonyl (C=O) groups excluding carboxylic acids is 1. The van der Waals surface area contributed by atoms with E-state index < -0.39 is 0 Å². The van der Waals surface area contributed by atoms with Gasteiger partial charge in [-0.05, 0) is 19.8 Å². The molecule has 2 atom stereocenters. The van der Waals surface area contributed by atoms with Gasteiger partial charge in [-0.2, -0.15) is 0 Å². The molecule has 2 N–H and O–H groups in total. The smallest absolute Gasteiger partial charge is 0.290 e. The zero-order chi connectivity index (χ0) is 12.3. The predicted octanol–water partition coefficient (Wildman–Crippen LogP) is 1.26. The fourth-order valence-corrected chi connectivity index (χ4v) is 2.36. The minimum absolute atomic E-state index is 0.0470. The van der Waals surface area contributed by atoms with Crippen molar-refractivity contribution in [2.45, 2.75) is 38.6 Å². The van der Waals surface area contributed by atoms with Gasteiger partial charge in [0, 0.05) is 24.1 Å². The molecule has 1 aliphatic carbocycles. The van der Waals surface area contributed by atoms with E-state index in [1.807, 2.05) is 0 Å². The van der Waals surface area contributed by atoms with Gasteiger partial charge in [-0.15, -0.1) is 0 Å². The third-order valence-corrected chi connectivity index (χ3v) is 3.41. The fraction of sp³-hybridized carbons (Fsp3) is 0.667. The Morgan fingerprint density at radius 2 is 2.35 bits per heavy atom. The van der Waals surface area contributed by atoms with Gasteiger partial charge in [0.1, 0.15) is 0 Å². The summed E-state index contributed by atoms with van der Waals surface area (Å²) in [6.07, 6.45) is 5.63. The number of amides is 1. The summed E-state index contributed by atoms with van der Waals surface area (Å²) in [6.45, 7) is 1.91. The summed E-state index contributed by atoms with van der Waals surface area (Å²) in [6, 6.07) is 0.0470. The van der Waals surface area contributed by atoms with Gasteiger partial charge in [-0.25, -0.2) is 0 Å². The second kappa shape index (κ2) is 5.31. The van der Waals surface area contributed by atoms with Crippen molar-refractivity contribution in [3.05, 3.63) is 17.5 Å². The second-order valence-corrected chi connectivity index (χ2v) is 4.64. The van der Waals surface area contributed by atoms with Gasteiger partial charge >= 0.3 is 0 Å². The number of nitrogens with zero attached hydrogens (tertiary/aromatic N) is 1. The molecule has 1 heterocycles. The number of hydrogen-bond donors (Lipinski definition) is 2. The van der Waals surface area contributed by atoms with Crippen LogP contribution in [0.3, 0.4) is 0 Å². The van der Waals surface area contributed by atoms with Gasteiger partial charge in [-0.3, -0.25) is 4.79 Å². The van der Waals surface area contributed by atoms with Crippen molar-refractivity contribution >= 4 is 5.91 Å². The standard InChI is InChI=1S/C12H18N2O3/c1-8-6-13-17-11(8)12(16)14-10-5-3-2-4-9(10)7-15/h6,9-10,15H,2-5,7H2,1H3,(H,14,16). The topological polar surface area (TPSA) is 75.4 Å². The van der Waals surface area contributed by atoms with Crippen LogP contribution >= 0.6 is 0 Å². The maximum absolute atomic E-state index is 11.9. The minimum atomic E-state index is -0.231. The number of hydrogen-bond acceptors (Lipinski definition) is 4. The summed E-state index contributed by atoms with van der Waals surface area (Å²) in [5.41, 5.74) is 0.735. The third kappa shape index (κ3) is 2.66. The number of aromatic nitrogens is 1. The lowest BCUT2D eigenvalue weighted by molar-refractivity contribution is 0.0835. The van der Waals surface area contributed by atoms with Crippen molar-refractivity contribution < 1.29 is 14.4 Å². The first kappa shape index (κ1) is 12.1. The van der Waals surface area contributed by atoms with E-state index in [1.165, 1.54) is 6.20 Å². The highest BCUT2D eigenvalue weighted by Gasteiger charge is 2.27. The Labute approximate surface area is 100 Å². The van der Waals surface area contributed by atoms with Crippen molar-refractivity contribution in [1.82, 2.24) is 10.5 Å². The van der Waals surface area contributed by atoms with Crippen LogP contribution in [0.2, 0.25) is 0 Å².